The monoisotopic (exact) mass is 295 g/mol. The van der Waals surface area contributed by atoms with Crippen LogP contribution in [0.4, 0.5) is 0 Å². The van der Waals surface area contributed by atoms with E-state index in [1.54, 1.807) is 11.9 Å². The lowest BCUT2D eigenvalue weighted by molar-refractivity contribution is -0.137. The molecule has 1 aliphatic rings. The van der Waals surface area contributed by atoms with Crippen LogP contribution in [0.5, 0.6) is 0 Å². The molecular formula is C10H17NO5S2. The molecule has 1 heterocycles. The Balaban J connectivity index is 2.31. The number of hydrogen-bond acceptors (Lipinski definition) is 6. The van der Waals surface area contributed by atoms with Crippen LogP contribution in [0.15, 0.2) is 0 Å². The van der Waals surface area contributed by atoms with Gasteiger partial charge in [-0.25, -0.2) is 0 Å². The average molecular weight is 295 g/mol. The van der Waals surface area contributed by atoms with E-state index in [0.717, 1.165) is 0 Å². The number of aliphatic hydroxyl groups is 2. The number of ether oxygens (including phenoxy) is 1. The number of rotatable bonds is 5. The molecule has 3 N–H and O–H groups in total. The highest BCUT2D eigenvalue weighted by Gasteiger charge is 2.38. The normalized spacial score (nSPS) is 27.2. The van der Waals surface area contributed by atoms with Crippen molar-refractivity contribution in [2.75, 3.05) is 19.4 Å². The predicted molar refractivity (Wildman–Crippen MR) is 71.4 cm³/mol. The minimum absolute atomic E-state index is 0.0858. The smallest absolute Gasteiger partial charge is 0.303 e. The number of nitrogens with zero attached hydrogens (tertiary/aromatic N) is 1. The first-order chi connectivity index (χ1) is 8.43. The zero-order valence-electron chi connectivity index (χ0n) is 9.98. The van der Waals surface area contributed by atoms with Gasteiger partial charge in [-0.15, -0.1) is 0 Å². The van der Waals surface area contributed by atoms with E-state index in [9.17, 15) is 15.0 Å². The van der Waals surface area contributed by atoms with Crippen molar-refractivity contribution in [1.82, 2.24) is 4.90 Å². The molecule has 8 heteroatoms. The molecule has 0 amide bonds. The SMILES string of the molecule is CN(C(=S)SCCCC(=O)O)[C@H]1OC[C@@H](O)[C@@H]1O. The third kappa shape index (κ3) is 4.36. The van der Waals surface area contributed by atoms with E-state index in [2.05, 4.69) is 0 Å². The standard InChI is InChI=1S/C10H17NO5S2/c1-11(9-8(15)6(12)5-16-9)10(17)18-4-2-3-7(13)14/h6,8-9,12,15H,2-5H2,1H3,(H,13,14)/t6-,8+,9+/m1/s1. The summed E-state index contributed by atoms with van der Waals surface area (Å²) in [4.78, 5) is 11.9. The van der Waals surface area contributed by atoms with Gasteiger partial charge in [0, 0.05) is 19.2 Å². The summed E-state index contributed by atoms with van der Waals surface area (Å²) in [5.74, 6) is -0.228. The minimum atomic E-state index is -0.979. The van der Waals surface area contributed by atoms with Gasteiger partial charge in [-0.3, -0.25) is 4.79 Å². The third-order valence-corrected chi connectivity index (χ3v) is 4.22. The summed E-state index contributed by atoms with van der Waals surface area (Å²) in [6, 6.07) is 0. The molecule has 1 rings (SSSR count). The van der Waals surface area contributed by atoms with Crippen LogP contribution in [-0.4, -0.2) is 68.4 Å². The highest BCUT2D eigenvalue weighted by molar-refractivity contribution is 8.22. The van der Waals surface area contributed by atoms with Crippen LogP contribution >= 0.6 is 24.0 Å². The van der Waals surface area contributed by atoms with Gasteiger partial charge in [0.15, 0.2) is 6.23 Å². The molecular weight excluding hydrogens is 278 g/mol. The van der Waals surface area contributed by atoms with Crippen molar-refractivity contribution in [2.24, 2.45) is 0 Å². The zero-order chi connectivity index (χ0) is 13.7. The van der Waals surface area contributed by atoms with Gasteiger partial charge in [0.1, 0.15) is 16.5 Å². The van der Waals surface area contributed by atoms with E-state index in [4.69, 9.17) is 22.1 Å². The van der Waals surface area contributed by atoms with Crippen molar-refractivity contribution in [2.45, 2.75) is 31.3 Å². The van der Waals surface area contributed by atoms with Gasteiger partial charge < -0.3 is 25.0 Å². The van der Waals surface area contributed by atoms with Crippen molar-refractivity contribution >= 4 is 34.3 Å². The van der Waals surface area contributed by atoms with Crippen molar-refractivity contribution in [1.29, 1.82) is 0 Å². The molecule has 0 aromatic rings. The van der Waals surface area contributed by atoms with E-state index in [-0.39, 0.29) is 13.0 Å². The Labute approximate surface area is 115 Å². The van der Waals surface area contributed by atoms with Crippen LogP contribution < -0.4 is 0 Å². The lowest BCUT2D eigenvalue weighted by Gasteiger charge is -2.28. The maximum absolute atomic E-state index is 10.3. The van der Waals surface area contributed by atoms with Gasteiger partial charge >= 0.3 is 5.97 Å². The first-order valence-corrected chi connectivity index (χ1v) is 6.92. The summed E-state index contributed by atoms with van der Waals surface area (Å²) in [5.41, 5.74) is 0. The van der Waals surface area contributed by atoms with Gasteiger partial charge in [-0.05, 0) is 6.42 Å². The number of carbonyl (C=O) groups is 1. The molecule has 0 aromatic carbocycles. The molecule has 104 valence electrons. The van der Waals surface area contributed by atoms with Crippen molar-refractivity contribution in [3.63, 3.8) is 0 Å². The first-order valence-electron chi connectivity index (χ1n) is 5.52. The quantitative estimate of drug-likeness (QED) is 0.478. The Morgan fingerprint density at radius 2 is 2.22 bits per heavy atom. The second-order valence-electron chi connectivity index (χ2n) is 4.00. The Hall–Kier alpha value is -0.410. The average Bonchev–Trinajstić information content (AvgIpc) is 2.64. The third-order valence-electron chi connectivity index (χ3n) is 2.55. The summed E-state index contributed by atoms with van der Waals surface area (Å²) in [6.45, 7) is 0.0858. The number of thiocarbonyl (C=S) groups is 1. The van der Waals surface area contributed by atoms with E-state index in [1.165, 1.54) is 11.8 Å². The van der Waals surface area contributed by atoms with Crippen LogP contribution in [-0.2, 0) is 9.53 Å². The first kappa shape index (κ1) is 15.6. The summed E-state index contributed by atoms with van der Waals surface area (Å²) in [6.07, 6.45) is -1.87. The van der Waals surface area contributed by atoms with E-state index < -0.39 is 24.4 Å². The highest BCUT2D eigenvalue weighted by atomic mass is 32.2. The fraction of sp³-hybridized carbons (Fsp3) is 0.800. The topological polar surface area (TPSA) is 90.2 Å². The Kier molecular flexibility index (Phi) is 6.30. The van der Waals surface area contributed by atoms with E-state index >= 15 is 0 Å². The van der Waals surface area contributed by atoms with Gasteiger partial charge in [-0.1, -0.05) is 24.0 Å². The molecule has 0 unspecified atom stereocenters. The minimum Gasteiger partial charge on any atom is -0.481 e. The van der Waals surface area contributed by atoms with Crippen LogP contribution in [0.3, 0.4) is 0 Å². The largest absolute Gasteiger partial charge is 0.481 e. The summed E-state index contributed by atoms with van der Waals surface area (Å²) < 4.78 is 5.75. The zero-order valence-corrected chi connectivity index (χ0v) is 11.6. The number of aliphatic hydroxyl groups excluding tert-OH is 2. The van der Waals surface area contributed by atoms with Crippen LogP contribution in [0.1, 0.15) is 12.8 Å². The van der Waals surface area contributed by atoms with Gasteiger partial charge in [0.25, 0.3) is 0 Å². The second kappa shape index (κ2) is 7.25. The fourth-order valence-electron chi connectivity index (χ4n) is 1.51. The Morgan fingerprint density at radius 1 is 1.56 bits per heavy atom. The molecule has 1 fully saturated rings. The second-order valence-corrected chi connectivity index (χ2v) is 5.73. The number of carboxylic acids is 1. The number of likely N-dealkylation sites (N-methyl/N-ethyl adjacent to an activating group) is 1. The molecule has 6 nitrogen and oxygen atoms in total. The molecule has 0 bridgehead atoms. The number of hydrogen-bond donors (Lipinski definition) is 3. The molecule has 0 saturated carbocycles. The molecule has 0 spiro atoms. The van der Waals surface area contributed by atoms with E-state index in [1.807, 2.05) is 0 Å². The van der Waals surface area contributed by atoms with Crippen molar-refractivity contribution in [3.05, 3.63) is 0 Å². The predicted octanol–water partition coefficient (Wildman–Crippen LogP) is -0.121. The van der Waals surface area contributed by atoms with Crippen molar-refractivity contribution < 1.29 is 24.9 Å². The molecule has 1 saturated heterocycles. The lowest BCUT2D eigenvalue weighted by atomic mass is 10.2. The van der Waals surface area contributed by atoms with Crippen LogP contribution in [0.2, 0.25) is 0 Å². The molecule has 0 aliphatic carbocycles. The van der Waals surface area contributed by atoms with Gasteiger partial charge in [0.05, 0.1) is 6.61 Å². The Morgan fingerprint density at radius 3 is 2.72 bits per heavy atom. The molecule has 1 aliphatic heterocycles. The number of aliphatic carboxylic acids is 1. The highest BCUT2D eigenvalue weighted by Crippen LogP contribution is 2.21. The van der Waals surface area contributed by atoms with Crippen LogP contribution in [0, 0.1) is 0 Å². The fourth-order valence-corrected chi connectivity index (χ4v) is 2.64. The van der Waals surface area contributed by atoms with Crippen LogP contribution in [0.25, 0.3) is 0 Å². The molecule has 3 atom stereocenters. The Bertz CT molecular complexity index is 315. The summed E-state index contributed by atoms with van der Waals surface area (Å²) in [7, 11) is 1.68. The lowest BCUT2D eigenvalue weighted by Crippen LogP contribution is -2.43. The van der Waals surface area contributed by atoms with Gasteiger partial charge in [-0.2, -0.15) is 0 Å². The molecule has 18 heavy (non-hydrogen) atoms. The van der Waals surface area contributed by atoms with E-state index in [0.29, 0.717) is 16.5 Å². The summed E-state index contributed by atoms with van der Waals surface area (Å²) >= 11 is 6.49. The number of carboxylic acid groups (broad SMARTS) is 1. The maximum atomic E-state index is 10.3. The van der Waals surface area contributed by atoms with Crippen molar-refractivity contribution in [3.8, 4) is 0 Å². The summed E-state index contributed by atoms with van der Waals surface area (Å²) in [5, 5.41) is 27.5. The maximum Gasteiger partial charge on any atom is 0.303 e. The van der Waals surface area contributed by atoms with Gasteiger partial charge in [0.2, 0.25) is 0 Å². The number of thioether (sulfide) groups is 1. The molecule has 0 aromatic heterocycles. The molecule has 0 radical (unpaired) electrons.